The van der Waals surface area contributed by atoms with Gasteiger partial charge in [-0.05, 0) is 101 Å². The monoisotopic (exact) mass is 634 g/mol. The van der Waals surface area contributed by atoms with Crippen LogP contribution in [0.3, 0.4) is 0 Å². The molecule has 0 aliphatic heterocycles. The SMILES string of the molecule is c1ccc(-c2ccc(-c3cccc(-c4cccc(C5c6ccccc6-c6cc7c(cc65)C(c5ccccc5)c5ccccc5-7)c4)c3)cc2)cc1. The second-order valence-corrected chi connectivity index (χ2v) is 13.6. The van der Waals surface area contributed by atoms with Crippen molar-refractivity contribution in [2.75, 3.05) is 0 Å². The Bertz CT molecular complexity index is 2520. The summed E-state index contributed by atoms with van der Waals surface area (Å²) in [4.78, 5) is 0. The van der Waals surface area contributed by atoms with Crippen LogP contribution < -0.4 is 0 Å². The summed E-state index contributed by atoms with van der Waals surface area (Å²) >= 11 is 0. The lowest BCUT2D eigenvalue weighted by Crippen LogP contribution is -2.03. The van der Waals surface area contributed by atoms with E-state index in [-0.39, 0.29) is 11.8 Å². The van der Waals surface area contributed by atoms with Crippen molar-refractivity contribution in [1.29, 1.82) is 0 Å². The second kappa shape index (κ2) is 11.7. The molecule has 0 aromatic heterocycles. The van der Waals surface area contributed by atoms with E-state index >= 15 is 0 Å². The van der Waals surface area contributed by atoms with Gasteiger partial charge in [-0.25, -0.2) is 0 Å². The summed E-state index contributed by atoms with van der Waals surface area (Å²) in [5, 5.41) is 0. The highest BCUT2D eigenvalue weighted by molar-refractivity contribution is 5.90. The van der Waals surface area contributed by atoms with Crippen LogP contribution in [0.4, 0.5) is 0 Å². The molecule has 10 rings (SSSR count). The summed E-state index contributed by atoms with van der Waals surface area (Å²) in [6.07, 6.45) is 0. The first kappa shape index (κ1) is 28.7. The molecule has 0 fully saturated rings. The molecule has 8 aromatic rings. The van der Waals surface area contributed by atoms with Gasteiger partial charge >= 0.3 is 0 Å². The van der Waals surface area contributed by atoms with Gasteiger partial charge in [-0.2, -0.15) is 0 Å². The van der Waals surface area contributed by atoms with E-state index in [0.29, 0.717) is 0 Å². The average Bonchev–Trinajstić information content (AvgIpc) is 3.70. The van der Waals surface area contributed by atoms with E-state index in [1.165, 1.54) is 89.0 Å². The molecule has 8 aromatic carbocycles. The summed E-state index contributed by atoms with van der Waals surface area (Å²) in [7, 11) is 0. The van der Waals surface area contributed by atoms with Gasteiger partial charge < -0.3 is 0 Å². The first-order chi connectivity index (χ1) is 24.8. The molecular formula is C50H34. The third-order valence-corrected chi connectivity index (χ3v) is 10.8. The van der Waals surface area contributed by atoms with Gasteiger partial charge in [0.1, 0.15) is 0 Å². The standard InChI is InChI=1S/C50H34/c1-3-13-33(14-4-1)34-25-27-35(28-26-34)37-17-11-18-38(29-37)39-19-12-20-40(30-39)50-44-24-10-8-22-42(44)46-31-45-41-21-7-9-23-43(41)49(47(45)32-48(46)50)36-15-5-2-6-16-36/h1-32,49-50H. The summed E-state index contributed by atoms with van der Waals surface area (Å²) in [5.41, 5.74) is 21.1. The van der Waals surface area contributed by atoms with Gasteiger partial charge in [-0.1, -0.05) is 182 Å². The molecule has 0 bridgehead atoms. The predicted molar refractivity (Wildman–Crippen MR) is 208 cm³/mol. The third kappa shape index (κ3) is 4.68. The Labute approximate surface area is 294 Å². The Balaban J connectivity index is 1.06. The fourth-order valence-corrected chi connectivity index (χ4v) is 8.53. The fraction of sp³-hybridized carbons (Fsp3) is 0.0400. The summed E-state index contributed by atoms with van der Waals surface area (Å²) in [6, 6.07) is 71.8. The summed E-state index contributed by atoms with van der Waals surface area (Å²) in [5.74, 6) is 0.396. The van der Waals surface area contributed by atoms with Crippen LogP contribution in [0.1, 0.15) is 45.2 Å². The van der Waals surface area contributed by atoms with Crippen LogP contribution in [0.25, 0.3) is 55.6 Å². The zero-order chi connectivity index (χ0) is 33.0. The molecule has 0 radical (unpaired) electrons. The van der Waals surface area contributed by atoms with Crippen LogP contribution in [0.15, 0.2) is 194 Å². The van der Waals surface area contributed by atoms with Gasteiger partial charge in [0.15, 0.2) is 0 Å². The van der Waals surface area contributed by atoms with Gasteiger partial charge in [0, 0.05) is 11.8 Å². The lowest BCUT2D eigenvalue weighted by molar-refractivity contribution is 0.982. The zero-order valence-corrected chi connectivity index (χ0v) is 27.6. The fourth-order valence-electron chi connectivity index (χ4n) is 8.53. The Morgan fingerprint density at radius 1 is 0.220 bits per heavy atom. The maximum absolute atomic E-state index is 2.54. The molecule has 2 atom stereocenters. The molecule has 0 heteroatoms. The molecule has 0 saturated carbocycles. The van der Waals surface area contributed by atoms with Crippen molar-refractivity contribution in [2.24, 2.45) is 0 Å². The minimum absolute atomic E-state index is 0.167. The highest BCUT2D eigenvalue weighted by atomic mass is 14.4. The molecule has 0 nitrogen and oxygen atoms in total. The van der Waals surface area contributed by atoms with E-state index < -0.39 is 0 Å². The smallest absolute Gasteiger partial charge is 0.0352 e. The Hall–Kier alpha value is -6.24. The second-order valence-electron chi connectivity index (χ2n) is 13.6. The van der Waals surface area contributed by atoms with Crippen molar-refractivity contribution in [2.45, 2.75) is 11.8 Å². The van der Waals surface area contributed by atoms with Gasteiger partial charge in [-0.15, -0.1) is 0 Å². The maximum atomic E-state index is 2.54. The average molecular weight is 635 g/mol. The number of hydrogen-bond donors (Lipinski definition) is 0. The van der Waals surface area contributed by atoms with E-state index in [1.807, 2.05) is 0 Å². The Morgan fingerprint density at radius 2 is 0.640 bits per heavy atom. The van der Waals surface area contributed by atoms with Crippen molar-refractivity contribution >= 4 is 0 Å². The zero-order valence-electron chi connectivity index (χ0n) is 27.6. The quantitative estimate of drug-likeness (QED) is 0.177. The molecule has 50 heavy (non-hydrogen) atoms. The molecule has 0 N–H and O–H groups in total. The van der Waals surface area contributed by atoms with Crippen LogP contribution in [0.5, 0.6) is 0 Å². The van der Waals surface area contributed by atoms with Crippen molar-refractivity contribution in [3.05, 3.63) is 228 Å². The maximum Gasteiger partial charge on any atom is 0.0352 e. The Kier molecular flexibility index (Phi) is 6.74. The van der Waals surface area contributed by atoms with Gasteiger partial charge in [0.05, 0.1) is 0 Å². The third-order valence-electron chi connectivity index (χ3n) is 10.8. The molecule has 0 spiro atoms. The van der Waals surface area contributed by atoms with Crippen LogP contribution in [-0.2, 0) is 0 Å². The number of hydrogen-bond acceptors (Lipinski definition) is 0. The molecule has 0 heterocycles. The van der Waals surface area contributed by atoms with Gasteiger partial charge in [0.2, 0.25) is 0 Å². The first-order valence-corrected chi connectivity index (χ1v) is 17.6. The normalized spacial score (nSPS) is 15.2. The molecule has 0 amide bonds. The van der Waals surface area contributed by atoms with Crippen LogP contribution in [-0.4, -0.2) is 0 Å². The largest absolute Gasteiger partial charge is 0.0622 e. The van der Waals surface area contributed by atoms with Gasteiger partial charge in [0.25, 0.3) is 0 Å². The molecule has 2 aliphatic rings. The van der Waals surface area contributed by atoms with E-state index in [9.17, 15) is 0 Å². The minimum atomic E-state index is 0.167. The van der Waals surface area contributed by atoms with Crippen LogP contribution in [0, 0.1) is 0 Å². The summed E-state index contributed by atoms with van der Waals surface area (Å²) < 4.78 is 0. The minimum Gasteiger partial charge on any atom is -0.0622 e. The predicted octanol–water partition coefficient (Wildman–Crippen LogP) is 13.0. The van der Waals surface area contributed by atoms with Crippen LogP contribution in [0.2, 0.25) is 0 Å². The lowest BCUT2D eigenvalue weighted by atomic mass is 9.84. The molecular weight excluding hydrogens is 601 g/mol. The number of rotatable bonds is 5. The van der Waals surface area contributed by atoms with Crippen molar-refractivity contribution in [3.63, 3.8) is 0 Å². The molecule has 2 unspecified atom stereocenters. The van der Waals surface area contributed by atoms with E-state index in [2.05, 4.69) is 194 Å². The summed E-state index contributed by atoms with van der Waals surface area (Å²) in [6.45, 7) is 0. The topological polar surface area (TPSA) is 0 Å². The Morgan fingerprint density at radius 3 is 1.28 bits per heavy atom. The van der Waals surface area contributed by atoms with Crippen LogP contribution >= 0.6 is 0 Å². The molecule has 0 saturated heterocycles. The highest BCUT2D eigenvalue weighted by Crippen LogP contribution is 2.55. The molecule has 2 aliphatic carbocycles. The molecule has 234 valence electrons. The van der Waals surface area contributed by atoms with E-state index in [1.54, 1.807) is 0 Å². The van der Waals surface area contributed by atoms with Gasteiger partial charge in [-0.3, -0.25) is 0 Å². The van der Waals surface area contributed by atoms with E-state index in [0.717, 1.165) is 0 Å². The number of benzene rings is 8. The van der Waals surface area contributed by atoms with E-state index in [4.69, 9.17) is 0 Å². The number of fused-ring (bicyclic) bond motifs is 6. The first-order valence-electron chi connectivity index (χ1n) is 17.6. The lowest BCUT2D eigenvalue weighted by Gasteiger charge is -2.19. The highest BCUT2D eigenvalue weighted by Gasteiger charge is 2.36. The van der Waals surface area contributed by atoms with Crippen molar-refractivity contribution < 1.29 is 0 Å². The van der Waals surface area contributed by atoms with Crippen molar-refractivity contribution in [3.8, 4) is 55.6 Å². The van der Waals surface area contributed by atoms with Crippen molar-refractivity contribution in [1.82, 2.24) is 0 Å².